The van der Waals surface area contributed by atoms with E-state index in [1.165, 1.54) is 25.8 Å². The second-order valence-electron chi connectivity index (χ2n) is 5.94. The average molecular weight is 256 g/mol. The van der Waals surface area contributed by atoms with Crippen LogP contribution < -0.4 is 5.73 Å². The van der Waals surface area contributed by atoms with Crippen molar-refractivity contribution in [3.8, 4) is 0 Å². The van der Waals surface area contributed by atoms with Crippen LogP contribution in [-0.4, -0.2) is 43.8 Å². The minimum atomic E-state index is 0.581. The van der Waals surface area contributed by atoms with Crippen molar-refractivity contribution in [1.82, 2.24) is 4.90 Å². The molecule has 0 aliphatic carbocycles. The van der Waals surface area contributed by atoms with Gasteiger partial charge in [0, 0.05) is 25.7 Å². The maximum absolute atomic E-state index is 5.95. The van der Waals surface area contributed by atoms with E-state index in [0.717, 1.165) is 44.6 Å². The zero-order valence-corrected chi connectivity index (χ0v) is 12.5. The van der Waals surface area contributed by atoms with Gasteiger partial charge in [0.1, 0.15) is 0 Å². The molecule has 2 N–H and O–H groups in total. The Labute approximate surface area is 113 Å². The minimum Gasteiger partial charge on any atom is -0.380 e. The van der Waals surface area contributed by atoms with Crippen LogP contribution >= 0.6 is 0 Å². The zero-order chi connectivity index (χ0) is 13.4. The molecule has 1 rings (SSSR count). The Morgan fingerprint density at radius 1 is 1.33 bits per heavy atom. The summed E-state index contributed by atoms with van der Waals surface area (Å²) in [5.41, 5.74) is 5.95. The summed E-state index contributed by atoms with van der Waals surface area (Å²) in [6, 6.07) is 0.581. The second-order valence-corrected chi connectivity index (χ2v) is 5.94. The van der Waals surface area contributed by atoms with E-state index in [1.807, 2.05) is 0 Å². The summed E-state index contributed by atoms with van der Waals surface area (Å²) in [4.78, 5) is 2.55. The highest BCUT2D eigenvalue weighted by molar-refractivity contribution is 4.84. The summed E-state index contributed by atoms with van der Waals surface area (Å²) in [5.74, 6) is 1.53. The van der Waals surface area contributed by atoms with Crippen molar-refractivity contribution < 1.29 is 4.74 Å². The first-order valence-electron chi connectivity index (χ1n) is 7.70. The number of piperidine rings is 1. The molecule has 2 unspecified atom stereocenters. The van der Waals surface area contributed by atoms with Crippen molar-refractivity contribution in [2.45, 2.75) is 52.5 Å². The molecule has 0 radical (unpaired) electrons. The van der Waals surface area contributed by atoms with E-state index >= 15 is 0 Å². The van der Waals surface area contributed by atoms with E-state index in [0.29, 0.717) is 6.04 Å². The minimum absolute atomic E-state index is 0.581. The number of hydrogen-bond acceptors (Lipinski definition) is 3. The lowest BCUT2D eigenvalue weighted by atomic mass is 9.87. The molecule has 0 bridgehead atoms. The summed E-state index contributed by atoms with van der Waals surface area (Å²) >= 11 is 0. The van der Waals surface area contributed by atoms with Gasteiger partial charge in [0.05, 0.1) is 6.61 Å². The van der Waals surface area contributed by atoms with E-state index in [1.54, 1.807) is 0 Å². The van der Waals surface area contributed by atoms with Crippen molar-refractivity contribution in [2.75, 3.05) is 32.8 Å². The van der Waals surface area contributed by atoms with Gasteiger partial charge >= 0.3 is 0 Å². The maximum Gasteiger partial charge on any atom is 0.0593 e. The van der Waals surface area contributed by atoms with Crippen molar-refractivity contribution in [3.63, 3.8) is 0 Å². The van der Waals surface area contributed by atoms with Gasteiger partial charge in [0.15, 0.2) is 0 Å². The highest BCUT2D eigenvalue weighted by Gasteiger charge is 2.28. The van der Waals surface area contributed by atoms with Crippen LogP contribution in [0.1, 0.15) is 46.5 Å². The molecule has 0 aromatic carbocycles. The lowest BCUT2D eigenvalue weighted by molar-refractivity contribution is 0.0464. The van der Waals surface area contributed by atoms with Crippen molar-refractivity contribution >= 4 is 0 Å². The molecule has 1 aliphatic rings. The van der Waals surface area contributed by atoms with Crippen molar-refractivity contribution in [2.24, 2.45) is 17.6 Å². The van der Waals surface area contributed by atoms with Gasteiger partial charge in [-0.1, -0.05) is 27.2 Å². The topological polar surface area (TPSA) is 38.5 Å². The first-order valence-corrected chi connectivity index (χ1v) is 7.70. The predicted molar refractivity (Wildman–Crippen MR) is 77.7 cm³/mol. The number of ether oxygens (including phenoxy) is 1. The Kier molecular flexibility index (Phi) is 7.87. The van der Waals surface area contributed by atoms with Crippen molar-refractivity contribution in [1.29, 1.82) is 0 Å². The molecule has 0 saturated carbocycles. The molecular weight excluding hydrogens is 224 g/mol. The SMILES string of the molecule is CCC1CCCN(CCOCCC(C)C)C1CN. The van der Waals surface area contributed by atoms with Crippen molar-refractivity contribution in [3.05, 3.63) is 0 Å². The molecule has 18 heavy (non-hydrogen) atoms. The number of likely N-dealkylation sites (tertiary alicyclic amines) is 1. The van der Waals surface area contributed by atoms with Gasteiger partial charge in [0.25, 0.3) is 0 Å². The quantitative estimate of drug-likeness (QED) is 0.678. The van der Waals surface area contributed by atoms with Gasteiger partial charge in [-0.2, -0.15) is 0 Å². The fraction of sp³-hybridized carbons (Fsp3) is 1.00. The van der Waals surface area contributed by atoms with Crippen LogP contribution in [0, 0.1) is 11.8 Å². The first kappa shape index (κ1) is 15.9. The zero-order valence-electron chi connectivity index (χ0n) is 12.5. The molecule has 2 atom stereocenters. The van der Waals surface area contributed by atoms with Gasteiger partial charge in [-0.15, -0.1) is 0 Å². The molecule has 0 amide bonds. The Morgan fingerprint density at radius 3 is 2.72 bits per heavy atom. The highest BCUT2D eigenvalue weighted by atomic mass is 16.5. The summed E-state index contributed by atoms with van der Waals surface area (Å²) < 4.78 is 5.73. The number of rotatable bonds is 8. The van der Waals surface area contributed by atoms with Gasteiger partial charge in [-0.05, 0) is 37.6 Å². The largest absolute Gasteiger partial charge is 0.380 e. The Hall–Kier alpha value is -0.120. The molecule has 0 aromatic heterocycles. The fourth-order valence-corrected chi connectivity index (χ4v) is 2.91. The predicted octanol–water partition coefficient (Wildman–Crippen LogP) is 2.50. The lowest BCUT2D eigenvalue weighted by Gasteiger charge is -2.40. The Morgan fingerprint density at radius 2 is 2.11 bits per heavy atom. The van der Waals surface area contributed by atoms with Crippen LogP contribution in [-0.2, 0) is 4.74 Å². The van der Waals surface area contributed by atoms with Crippen LogP contribution in [0.3, 0.4) is 0 Å². The van der Waals surface area contributed by atoms with E-state index in [4.69, 9.17) is 10.5 Å². The van der Waals surface area contributed by atoms with E-state index in [2.05, 4.69) is 25.7 Å². The third-order valence-corrected chi connectivity index (χ3v) is 4.16. The first-order chi connectivity index (χ1) is 8.69. The summed E-state index contributed by atoms with van der Waals surface area (Å²) in [7, 11) is 0. The van der Waals surface area contributed by atoms with E-state index in [-0.39, 0.29) is 0 Å². The third kappa shape index (κ3) is 5.25. The molecule has 1 saturated heterocycles. The smallest absolute Gasteiger partial charge is 0.0593 e. The molecule has 1 fully saturated rings. The molecule has 0 aromatic rings. The normalized spacial score (nSPS) is 25.8. The summed E-state index contributed by atoms with van der Waals surface area (Å²) in [6.07, 6.45) is 5.09. The second kappa shape index (κ2) is 8.89. The average Bonchev–Trinajstić information content (AvgIpc) is 2.37. The summed E-state index contributed by atoms with van der Waals surface area (Å²) in [5, 5.41) is 0. The van der Waals surface area contributed by atoms with Crippen LogP contribution in [0.25, 0.3) is 0 Å². The molecule has 1 heterocycles. The monoisotopic (exact) mass is 256 g/mol. The van der Waals surface area contributed by atoms with E-state index in [9.17, 15) is 0 Å². The summed E-state index contributed by atoms with van der Waals surface area (Å²) in [6.45, 7) is 11.6. The van der Waals surface area contributed by atoms with Gasteiger partial charge in [-0.3, -0.25) is 4.90 Å². The third-order valence-electron chi connectivity index (χ3n) is 4.16. The maximum atomic E-state index is 5.95. The highest BCUT2D eigenvalue weighted by Crippen LogP contribution is 2.25. The molecule has 3 nitrogen and oxygen atoms in total. The van der Waals surface area contributed by atoms with Crippen LogP contribution in [0.5, 0.6) is 0 Å². The lowest BCUT2D eigenvalue weighted by Crippen LogP contribution is -2.50. The molecule has 108 valence electrons. The van der Waals surface area contributed by atoms with Gasteiger partial charge in [0.2, 0.25) is 0 Å². The fourth-order valence-electron chi connectivity index (χ4n) is 2.91. The Bertz CT molecular complexity index is 209. The molecule has 0 spiro atoms. The Balaban J connectivity index is 2.22. The van der Waals surface area contributed by atoms with Crippen LogP contribution in [0.15, 0.2) is 0 Å². The van der Waals surface area contributed by atoms with Crippen LogP contribution in [0.4, 0.5) is 0 Å². The van der Waals surface area contributed by atoms with Crippen LogP contribution in [0.2, 0.25) is 0 Å². The molecule has 1 aliphatic heterocycles. The number of hydrogen-bond donors (Lipinski definition) is 1. The number of nitrogens with zero attached hydrogens (tertiary/aromatic N) is 1. The van der Waals surface area contributed by atoms with E-state index < -0.39 is 0 Å². The number of nitrogens with two attached hydrogens (primary N) is 1. The van der Waals surface area contributed by atoms with Gasteiger partial charge in [-0.25, -0.2) is 0 Å². The standard InChI is InChI=1S/C15H32N2O/c1-4-14-6-5-8-17(15(14)12-16)9-11-18-10-7-13(2)3/h13-15H,4-12,16H2,1-3H3. The molecular formula is C15H32N2O. The molecule has 3 heteroatoms. The van der Waals surface area contributed by atoms with Gasteiger partial charge < -0.3 is 10.5 Å².